The van der Waals surface area contributed by atoms with Gasteiger partial charge in [0.1, 0.15) is 10.7 Å². The molecule has 0 N–H and O–H groups in total. The van der Waals surface area contributed by atoms with Gasteiger partial charge in [-0.25, -0.2) is 12.8 Å². The molecule has 0 amide bonds. The minimum Gasteiger partial charge on any atom is -0.369 e. The molecule has 0 aliphatic carbocycles. The van der Waals surface area contributed by atoms with Crippen LogP contribution in [-0.4, -0.2) is 26.1 Å². The van der Waals surface area contributed by atoms with Crippen LogP contribution in [0.3, 0.4) is 0 Å². The van der Waals surface area contributed by atoms with E-state index in [4.69, 9.17) is 0 Å². The van der Waals surface area contributed by atoms with Crippen LogP contribution < -0.4 is 10.3 Å². The summed E-state index contributed by atoms with van der Waals surface area (Å²) < 4.78 is 43.1. The van der Waals surface area contributed by atoms with Crippen molar-refractivity contribution in [2.45, 2.75) is 48.9 Å². The normalized spacial score (nSPS) is 14.9. The molecule has 0 unspecified atom stereocenters. The molecule has 1 aliphatic rings. The fraction of sp³-hybridized carbons (Fsp3) is 0.348. The number of anilines is 1. The molecule has 0 atom stereocenters. The maximum absolute atomic E-state index is 15.0. The maximum atomic E-state index is 15.0. The zero-order chi connectivity index (χ0) is 21.3. The van der Waals surface area contributed by atoms with E-state index < -0.39 is 21.1 Å². The first kappa shape index (κ1) is 20.6. The number of sulfone groups is 1. The predicted molar refractivity (Wildman–Crippen MR) is 116 cm³/mol. The SMILES string of the molecule is CCCn1cc(S(=O)(=O)c2ccccc2)c(=O)c2cc(F)c(N3CCCCC3)cc21. The smallest absolute Gasteiger partial charge is 0.211 e. The highest BCUT2D eigenvalue weighted by Crippen LogP contribution is 2.29. The molecule has 2 aromatic carbocycles. The van der Waals surface area contributed by atoms with Gasteiger partial charge in [0.15, 0.2) is 0 Å². The standard InChI is InChI=1S/C23H25FN2O3S/c1-2-11-26-16-22(30(28,29)17-9-5-3-6-10-17)23(27)18-14-19(24)21(15-20(18)26)25-12-7-4-8-13-25/h3,5-6,9-10,14-16H,2,4,7-8,11-13H2,1H3. The zero-order valence-corrected chi connectivity index (χ0v) is 17.8. The molecular formula is C23H25FN2O3S. The van der Waals surface area contributed by atoms with E-state index in [9.17, 15) is 13.2 Å². The van der Waals surface area contributed by atoms with E-state index in [1.165, 1.54) is 24.4 Å². The lowest BCUT2D eigenvalue weighted by Gasteiger charge is -2.29. The first-order chi connectivity index (χ1) is 14.4. The second-order valence-electron chi connectivity index (χ2n) is 7.70. The van der Waals surface area contributed by atoms with Crippen LogP contribution in [-0.2, 0) is 16.4 Å². The number of halogens is 1. The van der Waals surface area contributed by atoms with Gasteiger partial charge in [-0.15, -0.1) is 0 Å². The molecule has 1 aliphatic heterocycles. The topological polar surface area (TPSA) is 59.4 Å². The highest BCUT2D eigenvalue weighted by atomic mass is 32.2. The van der Waals surface area contributed by atoms with Crippen molar-refractivity contribution in [2.24, 2.45) is 0 Å². The van der Waals surface area contributed by atoms with Gasteiger partial charge in [-0.3, -0.25) is 4.79 Å². The van der Waals surface area contributed by atoms with Crippen molar-refractivity contribution in [1.29, 1.82) is 0 Å². The third kappa shape index (κ3) is 3.62. The van der Waals surface area contributed by atoms with Gasteiger partial charge in [0.2, 0.25) is 15.3 Å². The summed E-state index contributed by atoms with van der Waals surface area (Å²) in [5, 5.41) is 0.0960. The summed E-state index contributed by atoms with van der Waals surface area (Å²) in [6.45, 7) is 4.06. The summed E-state index contributed by atoms with van der Waals surface area (Å²) in [6, 6.07) is 10.8. The number of fused-ring (bicyclic) bond motifs is 1. The summed E-state index contributed by atoms with van der Waals surface area (Å²) in [6.07, 6.45) is 5.31. The Kier molecular flexibility index (Phi) is 5.64. The van der Waals surface area contributed by atoms with E-state index >= 15 is 4.39 Å². The molecule has 158 valence electrons. The van der Waals surface area contributed by atoms with Crippen LogP contribution in [0, 0.1) is 5.82 Å². The van der Waals surface area contributed by atoms with Crippen LogP contribution in [0.15, 0.2) is 63.2 Å². The molecule has 3 aromatic rings. The lowest BCUT2D eigenvalue weighted by atomic mass is 10.1. The number of aryl methyl sites for hydroxylation is 1. The molecule has 1 fully saturated rings. The first-order valence-electron chi connectivity index (χ1n) is 10.3. The van der Waals surface area contributed by atoms with E-state index in [1.54, 1.807) is 28.8 Å². The lowest BCUT2D eigenvalue weighted by molar-refractivity contribution is 0.557. The summed E-state index contributed by atoms with van der Waals surface area (Å²) >= 11 is 0. The third-order valence-electron chi connectivity index (χ3n) is 5.62. The van der Waals surface area contributed by atoms with Crippen molar-refractivity contribution < 1.29 is 12.8 Å². The molecule has 30 heavy (non-hydrogen) atoms. The second kappa shape index (κ2) is 8.22. The van der Waals surface area contributed by atoms with Crippen molar-refractivity contribution in [2.75, 3.05) is 18.0 Å². The number of pyridine rings is 1. The van der Waals surface area contributed by atoms with Gasteiger partial charge < -0.3 is 9.47 Å². The fourth-order valence-corrected chi connectivity index (χ4v) is 5.48. The molecule has 5 nitrogen and oxygen atoms in total. The van der Waals surface area contributed by atoms with E-state index in [-0.39, 0.29) is 15.2 Å². The number of benzene rings is 2. The van der Waals surface area contributed by atoms with Crippen LogP contribution in [0.25, 0.3) is 10.9 Å². The van der Waals surface area contributed by atoms with Crippen LogP contribution in [0.2, 0.25) is 0 Å². The number of nitrogens with zero attached hydrogens (tertiary/aromatic N) is 2. The van der Waals surface area contributed by atoms with Gasteiger partial charge in [-0.05, 0) is 49.9 Å². The Morgan fingerprint density at radius 2 is 1.73 bits per heavy atom. The van der Waals surface area contributed by atoms with Gasteiger partial charge in [-0.2, -0.15) is 0 Å². The zero-order valence-electron chi connectivity index (χ0n) is 17.0. The molecule has 1 saturated heterocycles. The van der Waals surface area contributed by atoms with Gasteiger partial charge in [0.25, 0.3) is 0 Å². The van der Waals surface area contributed by atoms with Crippen molar-refractivity contribution in [1.82, 2.24) is 4.57 Å². The quantitative estimate of drug-likeness (QED) is 0.605. The highest BCUT2D eigenvalue weighted by Gasteiger charge is 2.25. The van der Waals surface area contributed by atoms with Crippen molar-refractivity contribution in [3.05, 3.63) is 64.7 Å². The molecule has 0 radical (unpaired) electrons. The number of hydrogen-bond acceptors (Lipinski definition) is 4. The Labute approximate surface area is 175 Å². The molecule has 2 heterocycles. The minimum atomic E-state index is -4.01. The van der Waals surface area contributed by atoms with Crippen LogP contribution >= 0.6 is 0 Å². The molecule has 1 aromatic heterocycles. The third-order valence-corrected chi connectivity index (χ3v) is 7.38. The molecule has 7 heteroatoms. The molecule has 0 spiro atoms. The Morgan fingerprint density at radius 3 is 2.40 bits per heavy atom. The maximum Gasteiger partial charge on any atom is 0.211 e. The lowest BCUT2D eigenvalue weighted by Crippen LogP contribution is -2.30. The molecule has 0 bridgehead atoms. The van der Waals surface area contributed by atoms with Crippen LogP contribution in [0.1, 0.15) is 32.6 Å². The van der Waals surface area contributed by atoms with Gasteiger partial charge in [0, 0.05) is 25.8 Å². The Hall–Kier alpha value is -2.67. The highest BCUT2D eigenvalue weighted by molar-refractivity contribution is 7.91. The molecular weight excluding hydrogens is 403 g/mol. The van der Waals surface area contributed by atoms with Crippen LogP contribution in [0.5, 0.6) is 0 Å². The van der Waals surface area contributed by atoms with E-state index in [0.29, 0.717) is 17.7 Å². The van der Waals surface area contributed by atoms with Crippen molar-refractivity contribution in [3.8, 4) is 0 Å². The molecule has 4 rings (SSSR count). The molecule has 0 saturated carbocycles. The second-order valence-corrected chi connectivity index (χ2v) is 9.62. The van der Waals surface area contributed by atoms with E-state index in [2.05, 4.69) is 0 Å². The summed E-state index contributed by atoms with van der Waals surface area (Å²) in [4.78, 5) is 14.9. The summed E-state index contributed by atoms with van der Waals surface area (Å²) in [7, 11) is -4.01. The Morgan fingerprint density at radius 1 is 1.03 bits per heavy atom. The fourth-order valence-electron chi connectivity index (χ4n) is 4.09. The van der Waals surface area contributed by atoms with E-state index in [1.807, 2.05) is 11.8 Å². The average molecular weight is 429 g/mol. The number of hydrogen-bond donors (Lipinski definition) is 0. The monoisotopic (exact) mass is 428 g/mol. The first-order valence-corrected chi connectivity index (χ1v) is 11.8. The van der Waals surface area contributed by atoms with Crippen molar-refractivity contribution >= 4 is 26.4 Å². The average Bonchev–Trinajstić information content (AvgIpc) is 2.76. The number of rotatable bonds is 5. The number of aromatic nitrogens is 1. The van der Waals surface area contributed by atoms with Gasteiger partial charge >= 0.3 is 0 Å². The largest absolute Gasteiger partial charge is 0.369 e. The van der Waals surface area contributed by atoms with Gasteiger partial charge in [-0.1, -0.05) is 25.1 Å². The summed E-state index contributed by atoms with van der Waals surface area (Å²) in [5.74, 6) is -0.487. The van der Waals surface area contributed by atoms with Crippen LogP contribution in [0.4, 0.5) is 10.1 Å². The van der Waals surface area contributed by atoms with Gasteiger partial charge in [0.05, 0.1) is 21.5 Å². The van der Waals surface area contributed by atoms with Crippen molar-refractivity contribution in [3.63, 3.8) is 0 Å². The predicted octanol–water partition coefficient (Wildman–Crippen LogP) is 4.37. The van der Waals surface area contributed by atoms with E-state index in [0.717, 1.165) is 38.8 Å². The summed E-state index contributed by atoms with van der Waals surface area (Å²) in [5.41, 5.74) is 0.381. The number of piperidine rings is 1. The Bertz CT molecular complexity index is 1230. The Balaban J connectivity index is 1.95. The minimum absolute atomic E-state index is 0.0508.